The van der Waals surface area contributed by atoms with Crippen LogP contribution < -0.4 is 4.72 Å². The van der Waals surface area contributed by atoms with Crippen LogP contribution in [0.4, 0.5) is 0 Å². The molecule has 114 valence electrons. The average Bonchev–Trinajstić information content (AvgIpc) is 3.15. The maximum absolute atomic E-state index is 12.1. The predicted octanol–water partition coefficient (Wildman–Crippen LogP) is 1.98. The summed E-state index contributed by atoms with van der Waals surface area (Å²) in [6.07, 6.45) is 1.61. The highest BCUT2D eigenvalue weighted by atomic mass is 32.2. The van der Waals surface area contributed by atoms with Crippen molar-refractivity contribution < 1.29 is 12.8 Å². The van der Waals surface area contributed by atoms with Gasteiger partial charge in [-0.25, -0.2) is 13.1 Å². The Balaban J connectivity index is 1.71. The molecule has 0 amide bonds. The molecular formula is C13H12N4O3S2. The lowest BCUT2D eigenvalue weighted by atomic mass is 10.3. The summed E-state index contributed by atoms with van der Waals surface area (Å²) in [4.78, 5) is 5.01. The first-order valence-electron chi connectivity index (χ1n) is 6.34. The molecule has 0 saturated carbocycles. The quantitative estimate of drug-likeness (QED) is 0.765. The zero-order valence-corrected chi connectivity index (χ0v) is 13.2. The van der Waals surface area contributed by atoms with Crippen LogP contribution in [-0.4, -0.2) is 23.6 Å². The summed E-state index contributed by atoms with van der Waals surface area (Å²) < 4.78 is 32.3. The molecule has 3 rings (SSSR count). The van der Waals surface area contributed by atoms with Crippen LogP contribution in [0.15, 0.2) is 45.2 Å². The van der Waals surface area contributed by atoms with Gasteiger partial charge in [0.1, 0.15) is 9.90 Å². The summed E-state index contributed by atoms with van der Waals surface area (Å²) in [5.41, 5.74) is 0.540. The van der Waals surface area contributed by atoms with Crippen LogP contribution in [0.1, 0.15) is 10.8 Å². The first-order valence-corrected chi connectivity index (χ1v) is 8.64. The van der Waals surface area contributed by atoms with E-state index in [1.54, 1.807) is 36.5 Å². The number of sulfonamides is 1. The van der Waals surface area contributed by atoms with E-state index in [-0.39, 0.29) is 22.5 Å². The van der Waals surface area contributed by atoms with Crippen molar-refractivity contribution in [3.8, 4) is 11.6 Å². The standard InChI is InChI=1S/C13H12N4O3S2/c1-9-5-6-12(21-9)22(18,19)15-8-11-16-17-13(20-11)10-4-2-3-7-14-10/h2-7,15H,8H2,1H3. The molecule has 0 atom stereocenters. The van der Waals surface area contributed by atoms with Crippen LogP contribution in [0, 0.1) is 6.92 Å². The van der Waals surface area contributed by atoms with Gasteiger partial charge in [-0.2, -0.15) is 0 Å². The molecule has 0 unspecified atom stereocenters. The highest BCUT2D eigenvalue weighted by Crippen LogP contribution is 2.20. The SMILES string of the molecule is Cc1ccc(S(=O)(=O)NCc2nnc(-c3ccccn3)o2)s1. The van der Waals surface area contributed by atoms with E-state index in [1.807, 2.05) is 6.92 Å². The average molecular weight is 336 g/mol. The topological polar surface area (TPSA) is 98.0 Å². The Morgan fingerprint density at radius 3 is 2.77 bits per heavy atom. The number of thiophene rings is 1. The van der Waals surface area contributed by atoms with E-state index in [9.17, 15) is 8.42 Å². The fourth-order valence-corrected chi connectivity index (χ4v) is 4.00. The Morgan fingerprint density at radius 1 is 1.23 bits per heavy atom. The lowest BCUT2D eigenvalue weighted by molar-refractivity contribution is 0.493. The minimum atomic E-state index is -3.57. The molecule has 0 bridgehead atoms. The molecule has 22 heavy (non-hydrogen) atoms. The third kappa shape index (κ3) is 3.21. The fourth-order valence-electron chi connectivity index (χ4n) is 1.70. The molecule has 0 aliphatic rings. The van der Waals surface area contributed by atoms with Crippen LogP contribution in [0.25, 0.3) is 11.6 Å². The van der Waals surface area contributed by atoms with Crippen molar-refractivity contribution in [1.29, 1.82) is 0 Å². The fraction of sp³-hybridized carbons (Fsp3) is 0.154. The molecule has 3 aromatic rings. The Hall–Kier alpha value is -2.10. The molecule has 9 heteroatoms. The summed E-state index contributed by atoms with van der Waals surface area (Å²) in [6, 6.07) is 8.63. The molecule has 0 saturated heterocycles. The minimum Gasteiger partial charge on any atom is -0.418 e. The molecule has 3 aromatic heterocycles. The Morgan fingerprint density at radius 2 is 2.09 bits per heavy atom. The summed E-state index contributed by atoms with van der Waals surface area (Å²) in [7, 11) is -3.57. The largest absolute Gasteiger partial charge is 0.418 e. The lowest BCUT2D eigenvalue weighted by Crippen LogP contribution is -2.22. The monoisotopic (exact) mass is 336 g/mol. The first kappa shape index (κ1) is 14.8. The molecule has 0 spiro atoms. The molecule has 7 nitrogen and oxygen atoms in total. The van der Waals surface area contributed by atoms with E-state index in [0.717, 1.165) is 4.88 Å². The van der Waals surface area contributed by atoms with Crippen molar-refractivity contribution in [3.05, 3.63) is 47.3 Å². The smallest absolute Gasteiger partial charge is 0.266 e. The van der Waals surface area contributed by atoms with Gasteiger partial charge in [-0.05, 0) is 31.2 Å². The molecule has 0 fully saturated rings. The summed E-state index contributed by atoms with van der Waals surface area (Å²) in [5.74, 6) is 0.430. The van der Waals surface area contributed by atoms with Crippen molar-refractivity contribution >= 4 is 21.4 Å². The third-order valence-corrected chi connectivity index (χ3v) is 5.64. The van der Waals surface area contributed by atoms with Crippen LogP contribution in [0.3, 0.4) is 0 Å². The number of rotatable bonds is 5. The van der Waals surface area contributed by atoms with E-state index in [4.69, 9.17) is 4.42 Å². The predicted molar refractivity (Wildman–Crippen MR) is 80.6 cm³/mol. The highest BCUT2D eigenvalue weighted by molar-refractivity contribution is 7.91. The molecule has 3 heterocycles. The zero-order valence-electron chi connectivity index (χ0n) is 11.6. The second kappa shape index (κ2) is 5.95. The van der Waals surface area contributed by atoms with Crippen molar-refractivity contribution in [2.45, 2.75) is 17.7 Å². The van der Waals surface area contributed by atoms with Gasteiger partial charge in [0, 0.05) is 11.1 Å². The number of hydrogen-bond donors (Lipinski definition) is 1. The second-order valence-corrected chi connectivity index (χ2v) is 7.69. The minimum absolute atomic E-state index is 0.0703. The van der Waals surface area contributed by atoms with Gasteiger partial charge in [0.25, 0.3) is 15.9 Å². The number of nitrogens with zero attached hydrogens (tertiary/aromatic N) is 3. The number of pyridine rings is 1. The Kier molecular flexibility index (Phi) is 4.01. The van der Waals surface area contributed by atoms with Crippen LogP contribution in [0.5, 0.6) is 0 Å². The molecule has 0 radical (unpaired) electrons. The van der Waals surface area contributed by atoms with Gasteiger partial charge in [-0.15, -0.1) is 21.5 Å². The van der Waals surface area contributed by atoms with E-state index in [2.05, 4.69) is 19.9 Å². The van der Waals surface area contributed by atoms with E-state index < -0.39 is 10.0 Å². The molecule has 0 aliphatic carbocycles. The van der Waals surface area contributed by atoms with Crippen molar-refractivity contribution in [2.24, 2.45) is 0 Å². The van der Waals surface area contributed by atoms with Gasteiger partial charge >= 0.3 is 0 Å². The highest BCUT2D eigenvalue weighted by Gasteiger charge is 2.18. The number of hydrogen-bond acceptors (Lipinski definition) is 7. The molecule has 1 N–H and O–H groups in total. The normalized spacial score (nSPS) is 11.7. The molecule has 0 aliphatic heterocycles. The molecule has 0 aromatic carbocycles. The van der Waals surface area contributed by atoms with Gasteiger partial charge < -0.3 is 4.42 Å². The van der Waals surface area contributed by atoms with Gasteiger partial charge in [0.05, 0.1) is 6.54 Å². The summed E-state index contributed by atoms with van der Waals surface area (Å²) in [5, 5.41) is 7.67. The van der Waals surface area contributed by atoms with Gasteiger partial charge in [-0.3, -0.25) is 4.98 Å². The Bertz CT molecular complexity index is 872. The van der Waals surface area contributed by atoms with Crippen molar-refractivity contribution in [2.75, 3.05) is 0 Å². The van der Waals surface area contributed by atoms with E-state index in [0.29, 0.717) is 5.69 Å². The maximum atomic E-state index is 12.1. The van der Waals surface area contributed by atoms with Crippen LogP contribution in [-0.2, 0) is 16.6 Å². The molecular weight excluding hydrogens is 324 g/mol. The number of aryl methyl sites for hydroxylation is 1. The van der Waals surface area contributed by atoms with Gasteiger partial charge in [0.15, 0.2) is 0 Å². The number of aromatic nitrogens is 3. The first-order chi connectivity index (χ1) is 10.5. The maximum Gasteiger partial charge on any atom is 0.266 e. The Labute approximate surface area is 131 Å². The van der Waals surface area contributed by atoms with Crippen molar-refractivity contribution in [1.82, 2.24) is 19.9 Å². The van der Waals surface area contributed by atoms with E-state index in [1.165, 1.54) is 11.3 Å². The summed E-state index contributed by atoms with van der Waals surface area (Å²) >= 11 is 1.20. The van der Waals surface area contributed by atoms with Crippen molar-refractivity contribution in [3.63, 3.8) is 0 Å². The van der Waals surface area contributed by atoms with Crippen LogP contribution >= 0.6 is 11.3 Å². The van der Waals surface area contributed by atoms with E-state index >= 15 is 0 Å². The zero-order chi connectivity index (χ0) is 15.6. The van der Waals surface area contributed by atoms with Gasteiger partial charge in [0.2, 0.25) is 5.89 Å². The number of nitrogens with one attached hydrogen (secondary N) is 1. The van der Waals surface area contributed by atoms with Gasteiger partial charge in [-0.1, -0.05) is 6.07 Å². The summed E-state index contributed by atoms with van der Waals surface area (Å²) in [6.45, 7) is 1.78. The van der Waals surface area contributed by atoms with Crippen LogP contribution in [0.2, 0.25) is 0 Å². The lowest BCUT2D eigenvalue weighted by Gasteiger charge is -2.01. The third-order valence-electron chi connectivity index (χ3n) is 2.74. The second-order valence-electron chi connectivity index (χ2n) is 4.41.